The SMILES string of the molecule is COC(=O)c1cc(NC(=O)C(=O)NCC(C)O)c(F)cc1F. The Kier molecular flexibility index (Phi) is 5.93. The number of hydrogen-bond donors (Lipinski definition) is 3. The molecule has 0 aliphatic rings. The third kappa shape index (κ3) is 4.48. The van der Waals surface area contributed by atoms with Gasteiger partial charge in [-0.2, -0.15) is 0 Å². The number of rotatable bonds is 4. The summed E-state index contributed by atoms with van der Waals surface area (Å²) in [4.78, 5) is 34.2. The number of benzene rings is 1. The van der Waals surface area contributed by atoms with Gasteiger partial charge in [-0.25, -0.2) is 13.6 Å². The van der Waals surface area contributed by atoms with Crippen molar-refractivity contribution in [2.24, 2.45) is 0 Å². The van der Waals surface area contributed by atoms with Crippen molar-refractivity contribution in [2.45, 2.75) is 13.0 Å². The minimum absolute atomic E-state index is 0.175. The van der Waals surface area contributed by atoms with E-state index in [1.807, 2.05) is 5.32 Å². The molecule has 1 aromatic rings. The molecule has 3 N–H and O–H groups in total. The summed E-state index contributed by atoms with van der Waals surface area (Å²) in [5, 5.41) is 13.0. The van der Waals surface area contributed by atoms with Crippen LogP contribution in [-0.4, -0.2) is 42.6 Å². The van der Waals surface area contributed by atoms with Gasteiger partial charge in [0.05, 0.1) is 24.5 Å². The van der Waals surface area contributed by atoms with E-state index < -0.39 is 46.8 Å². The second-order valence-electron chi connectivity index (χ2n) is 4.32. The Bertz CT molecular complexity index is 604. The first-order chi connectivity index (χ1) is 10.3. The van der Waals surface area contributed by atoms with Crippen LogP contribution in [0.2, 0.25) is 0 Å². The average Bonchev–Trinajstić information content (AvgIpc) is 2.46. The molecule has 0 heterocycles. The Morgan fingerprint density at radius 2 is 1.86 bits per heavy atom. The molecular formula is C13H14F2N2O5. The van der Waals surface area contributed by atoms with Crippen LogP contribution >= 0.6 is 0 Å². The zero-order valence-corrected chi connectivity index (χ0v) is 11.8. The molecule has 0 aromatic heterocycles. The van der Waals surface area contributed by atoms with Gasteiger partial charge in [0.15, 0.2) is 0 Å². The number of nitrogens with one attached hydrogen (secondary N) is 2. The minimum atomic E-state index is -1.23. The van der Waals surface area contributed by atoms with Crippen molar-refractivity contribution in [3.8, 4) is 0 Å². The number of aliphatic hydroxyl groups is 1. The first-order valence-electron chi connectivity index (χ1n) is 6.10. The topological polar surface area (TPSA) is 105 Å². The largest absolute Gasteiger partial charge is 0.465 e. The molecule has 0 spiro atoms. The number of hydrogen-bond acceptors (Lipinski definition) is 5. The van der Waals surface area contributed by atoms with E-state index in [-0.39, 0.29) is 6.54 Å². The molecular weight excluding hydrogens is 302 g/mol. The number of ether oxygens (including phenoxy) is 1. The van der Waals surface area contributed by atoms with E-state index in [4.69, 9.17) is 5.11 Å². The third-order valence-corrected chi connectivity index (χ3v) is 2.47. The lowest BCUT2D eigenvalue weighted by molar-refractivity contribution is -0.136. The number of aliphatic hydroxyl groups excluding tert-OH is 1. The zero-order chi connectivity index (χ0) is 16.9. The van der Waals surface area contributed by atoms with E-state index >= 15 is 0 Å². The normalized spacial score (nSPS) is 11.5. The first kappa shape index (κ1) is 17.5. The van der Waals surface area contributed by atoms with Crippen molar-refractivity contribution in [1.29, 1.82) is 0 Å². The van der Waals surface area contributed by atoms with E-state index in [1.54, 1.807) is 0 Å². The van der Waals surface area contributed by atoms with E-state index in [2.05, 4.69) is 10.1 Å². The molecule has 0 aliphatic carbocycles. The molecule has 2 amide bonds. The molecule has 0 radical (unpaired) electrons. The summed E-state index contributed by atoms with van der Waals surface area (Å²) < 4.78 is 31.3. The molecule has 0 saturated carbocycles. The molecule has 22 heavy (non-hydrogen) atoms. The lowest BCUT2D eigenvalue weighted by Crippen LogP contribution is -2.39. The van der Waals surface area contributed by atoms with Gasteiger partial charge in [-0.05, 0) is 13.0 Å². The number of carbonyl (C=O) groups excluding carboxylic acids is 3. The summed E-state index contributed by atoms with van der Waals surface area (Å²) in [6, 6.07) is 1.10. The number of esters is 1. The maximum absolute atomic E-state index is 13.6. The van der Waals surface area contributed by atoms with Crippen LogP contribution in [-0.2, 0) is 14.3 Å². The minimum Gasteiger partial charge on any atom is -0.465 e. The second-order valence-corrected chi connectivity index (χ2v) is 4.32. The van der Waals surface area contributed by atoms with Gasteiger partial charge in [0.2, 0.25) is 0 Å². The maximum atomic E-state index is 13.6. The molecule has 1 rings (SSSR count). The van der Waals surface area contributed by atoms with Crippen LogP contribution in [0.1, 0.15) is 17.3 Å². The fourth-order valence-corrected chi connectivity index (χ4v) is 1.41. The van der Waals surface area contributed by atoms with Gasteiger partial charge in [-0.1, -0.05) is 0 Å². The van der Waals surface area contributed by atoms with E-state index in [9.17, 15) is 23.2 Å². The van der Waals surface area contributed by atoms with Crippen molar-refractivity contribution < 1.29 is 33.0 Å². The third-order valence-electron chi connectivity index (χ3n) is 2.47. The summed E-state index contributed by atoms with van der Waals surface area (Å²) in [7, 11) is 1.01. The van der Waals surface area contributed by atoms with Gasteiger partial charge in [0.1, 0.15) is 11.6 Å². The smallest absolute Gasteiger partial charge is 0.340 e. The Hall–Kier alpha value is -2.55. The van der Waals surface area contributed by atoms with Crippen LogP contribution < -0.4 is 10.6 Å². The molecule has 0 bridgehead atoms. The highest BCUT2D eigenvalue weighted by Crippen LogP contribution is 2.20. The number of halogens is 2. The second kappa shape index (κ2) is 7.46. The van der Waals surface area contributed by atoms with Crippen molar-refractivity contribution in [3.63, 3.8) is 0 Å². The summed E-state index contributed by atoms with van der Waals surface area (Å²) in [6.07, 6.45) is -0.870. The van der Waals surface area contributed by atoms with Crippen molar-refractivity contribution in [2.75, 3.05) is 19.0 Å². The number of carbonyl (C=O) groups is 3. The summed E-state index contributed by atoms with van der Waals surface area (Å²) in [6.45, 7) is 1.21. The van der Waals surface area contributed by atoms with Crippen LogP contribution in [0.3, 0.4) is 0 Å². The molecule has 1 aromatic carbocycles. The maximum Gasteiger partial charge on any atom is 0.340 e. The predicted molar refractivity (Wildman–Crippen MR) is 71.0 cm³/mol. The molecule has 1 unspecified atom stereocenters. The molecule has 1 atom stereocenters. The fourth-order valence-electron chi connectivity index (χ4n) is 1.41. The van der Waals surface area contributed by atoms with Crippen molar-refractivity contribution in [3.05, 3.63) is 29.3 Å². The Balaban J connectivity index is 2.91. The molecule has 0 aliphatic heterocycles. The monoisotopic (exact) mass is 316 g/mol. The molecule has 0 fully saturated rings. The standard InChI is InChI=1S/C13H14F2N2O5/c1-6(18)5-16-11(19)12(20)17-10-3-7(13(21)22-2)8(14)4-9(10)15/h3-4,6,18H,5H2,1-2H3,(H,16,19)(H,17,20). The Morgan fingerprint density at radius 1 is 1.23 bits per heavy atom. The highest BCUT2D eigenvalue weighted by atomic mass is 19.1. The first-order valence-corrected chi connectivity index (χ1v) is 6.10. The van der Waals surface area contributed by atoms with Crippen molar-refractivity contribution in [1.82, 2.24) is 5.32 Å². The number of methoxy groups -OCH3 is 1. The highest BCUT2D eigenvalue weighted by molar-refractivity contribution is 6.39. The van der Waals surface area contributed by atoms with Gasteiger partial charge >= 0.3 is 17.8 Å². The van der Waals surface area contributed by atoms with Crippen LogP contribution in [0.4, 0.5) is 14.5 Å². The van der Waals surface area contributed by atoms with Gasteiger partial charge in [0.25, 0.3) is 0 Å². The average molecular weight is 316 g/mol. The van der Waals surface area contributed by atoms with Crippen molar-refractivity contribution >= 4 is 23.5 Å². The van der Waals surface area contributed by atoms with Crippen LogP contribution in [0.15, 0.2) is 12.1 Å². The summed E-state index contributed by atoms with van der Waals surface area (Å²) in [5.41, 5.74) is -1.15. The van der Waals surface area contributed by atoms with Gasteiger partial charge in [-0.15, -0.1) is 0 Å². The molecule has 120 valence electrons. The molecule has 7 nitrogen and oxygen atoms in total. The van der Waals surface area contributed by atoms with E-state index in [0.717, 1.165) is 13.2 Å². The van der Waals surface area contributed by atoms with E-state index in [1.165, 1.54) is 6.92 Å². The fraction of sp³-hybridized carbons (Fsp3) is 0.308. The van der Waals surface area contributed by atoms with Gasteiger partial charge in [-0.3, -0.25) is 9.59 Å². The highest BCUT2D eigenvalue weighted by Gasteiger charge is 2.20. The molecule has 0 saturated heterocycles. The number of amides is 2. The Labute approximate surface area is 124 Å². The number of anilines is 1. The zero-order valence-electron chi connectivity index (χ0n) is 11.8. The summed E-state index contributed by atoms with van der Waals surface area (Å²) in [5.74, 6) is -5.75. The lowest BCUT2D eigenvalue weighted by Gasteiger charge is -2.10. The molecule has 9 heteroatoms. The van der Waals surface area contributed by atoms with Crippen LogP contribution in [0.25, 0.3) is 0 Å². The van der Waals surface area contributed by atoms with E-state index in [0.29, 0.717) is 6.07 Å². The lowest BCUT2D eigenvalue weighted by atomic mass is 10.1. The quantitative estimate of drug-likeness (QED) is 0.543. The van der Waals surface area contributed by atoms with Gasteiger partial charge in [0, 0.05) is 12.6 Å². The summed E-state index contributed by atoms with van der Waals surface area (Å²) >= 11 is 0. The van der Waals surface area contributed by atoms with Gasteiger partial charge < -0.3 is 20.5 Å². The Morgan fingerprint density at radius 3 is 2.41 bits per heavy atom. The van der Waals surface area contributed by atoms with Crippen LogP contribution in [0, 0.1) is 11.6 Å². The van der Waals surface area contributed by atoms with Crippen LogP contribution in [0.5, 0.6) is 0 Å². The predicted octanol–water partition coefficient (Wildman–Crippen LogP) is 0.187.